The van der Waals surface area contributed by atoms with Gasteiger partial charge >= 0.3 is 0 Å². The first-order valence-electron chi connectivity index (χ1n) is 6.56. The van der Waals surface area contributed by atoms with Crippen LogP contribution < -0.4 is 10.0 Å². The van der Waals surface area contributed by atoms with Gasteiger partial charge in [-0.2, -0.15) is 13.5 Å². The maximum absolute atomic E-state index is 12.2. The standard InChI is InChI=1S/C13H19N5O2S/c1-10(2)14-6-11-4-5-13(15-7-11)21(19,20)17-12-8-16-18(3)9-12/h4-5,7-10,14,17H,6H2,1-3H3. The molecule has 114 valence electrons. The van der Waals surface area contributed by atoms with E-state index in [1.807, 2.05) is 13.8 Å². The van der Waals surface area contributed by atoms with Crippen LogP contribution >= 0.6 is 0 Å². The van der Waals surface area contributed by atoms with Crippen LogP contribution in [0.3, 0.4) is 0 Å². The molecule has 2 N–H and O–H groups in total. The molecule has 2 aromatic rings. The molecule has 0 atom stereocenters. The third-order valence-corrected chi connectivity index (χ3v) is 4.04. The van der Waals surface area contributed by atoms with Gasteiger partial charge in [0.25, 0.3) is 10.0 Å². The van der Waals surface area contributed by atoms with E-state index in [0.29, 0.717) is 18.3 Å². The van der Waals surface area contributed by atoms with Crippen molar-refractivity contribution in [2.75, 3.05) is 4.72 Å². The molecule has 0 saturated carbocycles. The van der Waals surface area contributed by atoms with Gasteiger partial charge in [-0.15, -0.1) is 0 Å². The van der Waals surface area contributed by atoms with Crippen LogP contribution in [0.2, 0.25) is 0 Å². The van der Waals surface area contributed by atoms with Crippen molar-refractivity contribution in [2.45, 2.75) is 31.5 Å². The number of sulfonamides is 1. The second-order valence-electron chi connectivity index (χ2n) is 5.05. The predicted octanol–water partition coefficient (Wildman–Crippen LogP) is 1.11. The van der Waals surface area contributed by atoms with Crippen molar-refractivity contribution in [1.82, 2.24) is 20.1 Å². The second kappa shape index (κ2) is 6.23. The number of hydrogen-bond donors (Lipinski definition) is 2. The quantitative estimate of drug-likeness (QED) is 0.834. The van der Waals surface area contributed by atoms with Gasteiger partial charge in [0.15, 0.2) is 5.03 Å². The fourth-order valence-electron chi connectivity index (χ4n) is 1.68. The highest BCUT2D eigenvalue weighted by atomic mass is 32.2. The Morgan fingerprint density at radius 3 is 2.57 bits per heavy atom. The lowest BCUT2D eigenvalue weighted by atomic mass is 10.2. The van der Waals surface area contributed by atoms with Crippen molar-refractivity contribution in [2.24, 2.45) is 7.05 Å². The van der Waals surface area contributed by atoms with Gasteiger partial charge in [0.2, 0.25) is 0 Å². The summed E-state index contributed by atoms with van der Waals surface area (Å²) in [6.07, 6.45) is 4.59. The maximum atomic E-state index is 12.2. The van der Waals surface area contributed by atoms with Crippen LogP contribution in [-0.2, 0) is 23.6 Å². The summed E-state index contributed by atoms with van der Waals surface area (Å²) in [4.78, 5) is 4.01. The van der Waals surface area contributed by atoms with Gasteiger partial charge in [0.1, 0.15) is 0 Å². The number of nitrogens with zero attached hydrogens (tertiary/aromatic N) is 3. The first-order chi connectivity index (χ1) is 9.87. The summed E-state index contributed by atoms with van der Waals surface area (Å²) in [5.74, 6) is 0. The summed E-state index contributed by atoms with van der Waals surface area (Å²) in [5.41, 5.74) is 1.34. The SMILES string of the molecule is CC(C)NCc1ccc(S(=O)(=O)Nc2cnn(C)c2)nc1. The van der Waals surface area contributed by atoms with Crippen LogP contribution in [0.15, 0.2) is 35.7 Å². The Bertz CT molecular complexity index is 692. The number of rotatable bonds is 6. The molecule has 0 aliphatic carbocycles. The van der Waals surface area contributed by atoms with Crippen LogP contribution in [-0.4, -0.2) is 29.2 Å². The largest absolute Gasteiger partial charge is 0.310 e. The lowest BCUT2D eigenvalue weighted by Crippen LogP contribution is -2.22. The molecule has 2 rings (SSSR count). The highest BCUT2D eigenvalue weighted by molar-refractivity contribution is 7.92. The van der Waals surface area contributed by atoms with Gasteiger partial charge in [0.05, 0.1) is 11.9 Å². The summed E-state index contributed by atoms with van der Waals surface area (Å²) in [6.45, 7) is 4.75. The van der Waals surface area contributed by atoms with E-state index in [1.165, 1.54) is 16.9 Å². The molecule has 0 spiro atoms. The lowest BCUT2D eigenvalue weighted by molar-refractivity contribution is 0.585. The van der Waals surface area contributed by atoms with E-state index in [2.05, 4.69) is 20.1 Å². The van der Waals surface area contributed by atoms with Gasteiger partial charge in [-0.1, -0.05) is 19.9 Å². The highest BCUT2D eigenvalue weighted by Crippen LogP contribution is 2.13. The first-order valence-corrected chi connectivity index (χ1v) is 8.05. The summed E-state index contributed by atoms with van der Waals surface area (Å²) < 4.78 is 28.3. The molecule has 0 amide bonds. The van der Waals surface area contributed by atoms with E-state index < -0.39 is 10.0 Å². The average Bonchev–Trinajstić information content (AvgIpc) is 2.81. The molecule has 0 saturated heterocycles. The fourth-order valence-corrected chi connectivity index (χ4v) is 2.64. The smallest absolute Gasteiger partial charge is 0.279 e. The number of pyridine rings is 1. The summed E-state index contributed by atoms with van der Waals surface area (Å²) in [5, 5.41) is 7.14. The van der Waals surface area contributed by atoms with Crippen LogP contribution in [0.25, 0.3) is 0 Å². The Hall–Kier alpha value is -1.93. The molecule has 2 aromatic heterocycles. The third kappa shape index (κ3) is 4.27. The Kier molecular flexibility index (Phi) is 4.59. The molecular formula is C13H19N5O2S. The van der Waals surface area contributed by atoms with E-state index in [0.717, 1.165) is 5.56 Å². The minimum absolute atomic E-state index is 0.0142. The highest BCUT2D eigenvalue weighted by Gasteiger charge is 2.16. The predicted molar refractivity (Wildman–Crippen MR) is 80.2 cm³/mol. The molecule has 0 aromatic carbocycles. The molecule has 7 nitrogen and oxygen atoms in total. The fraction of sp³-hybridized carbons (Fsp3) is 0.385. The lowest BCUT2D eigenvalue weighted by Gasteiger charge is -2.09. The first kappa shape index (κ1) is 15.5. The van der Waals surface area contributed by atoms with Crippen molar-refractivity contribution in [3.8, 4) is 0 Å². The van der Waals surface area contributed by atoms with Gasteiger partial charge in [0, 0.05) is 32.0 Å². The molecule has 0 bridgehead atoms. The molecule has 21 heavy (non-hydrogen) atoms. The number of nitrogens with one attached hydrogen (secondary N) is 2. The monoisotopic (exact) mass is 309 g/mol. The van der Waals surface area contributed by atoms with Crippen LogP contribution in [0.5, 0.6) is 0 Å². The van der Waals surface area contributed by atoms with E-state index in [1.54, 1.807) is 25.5 Å². The third-order valence-electron chi connectivity index (χ3n) is 2.74. The van der Waals surface area contributed by atoms with E-state index >= 15 is 0 Å². The zero-order valence-electron chi connectivity index (χ0n) is 12.2. The van der Waals surface area contributed by atoms with Crippen molar-refractivity contribution < 1.29 is 8.42 Å². The Morgan fingerprint density at radius 1 is 1.29 bits per heavy atom. The Balaban J connectivity index is 2.09. The van der Waals surface area contributed by atoms with Crippen molar-refractivity contribution in [3.63, 3.8) is 0 Å². The number of hydrogen-bond acceptors (Lipinski definition) is 5. The summed E-state index contributed by atoms with van der Waals surface area (Å²) in [6, 6.07) is 3.61. The van der Waals surface area contributed by atoms with Gasteiger partial charge in [-0.25, -0.2) is 4.98 Å². The molecule has 8 heteroatoms. The molecule has 0 unspecified atom stereocenters. The zero-order valence-corrected chi connectivity index (χ0v) is 13.1. The van der Waals surface area contributed by atoms with Gasteiger partial charge in [-0.3, -0.25) is 9.40 Å². The van der Waals surface area contributed by atoms with Crippen LogP contribution in [0, 0.1) is 0 Å². The normalized spacial score (nSPS) is 11.8. The van der Waals surface area contributed by atoms with Crippen molar-refractivity contribution in [1.29, 1.82) is 0 Å². The van der Waals surface area contributed by atoms with E-state index in [-0.39, 0.29) is 5.03 Å². The molecular weight excluding hydrogens is 290 g/mol. The van der Waals surface area contributed by atoms with Crippen molar-refractivity contribution >= 4 is 15.7 Å². The van der Waals surface area contributed by atoms with Crippen LogP contribution in [0.4, 0.5) is 5.69 Å². The Labute approximate surface area is 124 Å². The maximum Gasteiger partial charge on any atom is 0.279 e. The van der Waals surface area contributed by atoms with Crippen LogP contribution in [0.1, 0.15) is 19.4 Å². The Morgan fingerprint density at radius 2 is 2.05 bits per heavy atom. The molecule has 0 radical (unpaired) electrons. The minimum Gasteiger partial charge on any atom is -0.310 e. The van der Waals surface area contributed by atoms with Crippen molar-refractivity contribution in [3.05, 3.63) is 36.3 Å². The second-order valence-corrected chi connectivity index (χ2v) is 6.68. The van der Waals surface area contributed by atoms with E-state index in [4.69, 9.17) is 0 Å². The zero-order chi connectivity index (χ0) is 15.5. The van der Waals surface area contributed by atoms with Gasteiger partial charge < -0.3 is 5.32 Å². The number of aromatic nitrogens is 3. The molecule has 2 heterocycles. The topological polar surface area (TPSA) is 88.9 Å². The van der Waals surface area contributed by atoms with E-state index in [9.17, 15) is 8.42 Å². The number of anilines is 1. The average molecular weight is 309 g/mol. The summed E-state index contributed by atoms with van der Waals surface area (Å²) in [7, 11) is -1.97. The minimum atomic E-state index is -3.68. The summed E-state index contributed by atoms with van der Waals surface area (Å²) >= 11 is 0. The van der Waals surface area contributed by atoms with Gasteiger partial charge in [-0.05, 0) is 11.6 Å². The molecule has 0 fully saturated rings. The molecule has 0 aliphatic rings. The number of aryl methyl sites for hydroxylation is 1. The molecule has 0 aliphatic heterocycles.